The summed E-state index contributed by atoms with van der Waals surface area (Å²) >= 11 is 3.49. The third-order valence-corrected chi connectivity index (χ3v) is 6.56. The van der Waals surface area contributed by atoms with Gasteiger partial charge in [0.15, 0.2) is 0 Å². The molecule has 166 valence electrons. The van der Waals surface area contributed by atoms with E-state index in [0.29, 0.717) is 5.56 Å². The van der Waals surface area contributed by atoms with Crippen molar-refractivity contribution in [1.82, 2.24) is 4.90 Å². The number of amides is 1. The van der Waals surface area contributed by atoms with E-state index in [1.165, 1.54) is 4.90 Å². The summed E-state index contributed by atoms with van der Waals surface area (Å²) in [5, 5.41) is 11.3. The average molecular weight is 504 g/mol. The first-order valence-corrected chi connectivity index (χ1v) is 11.6. The largest absolute Gasteiger partial charge is 0.507 e. The molecule has 3 aromatic rings. The Bertz CT molecular complexity index is 1280. The molecule has 33 heavy (non-hydrogen) atoms. The maximum atomic E-state index is 13.2. The van der Waals surface area contributed by atoms with Crippen molar-refractivity contribution < 1.29 is 19.4 Å². The number of carbonyl (C=O) groups is 2. The molecule has 0 unspecified atom stereocenters. The molecule has 2 heterocycles. The molecule has 0 aliphatic carbocycles. The number of ether oxygens (including phenoxy) is 1. The molecule has 5 rings (SSSR count). The number of hydrogen-bond acceptors (Lipinski definition) is 4. The first-order chi connectivity index (χ1) is 15.9. The summed E-state index contributed by atoms with van der Waals surface area (Å²) in [6, 6.07) is 21.7. The number of aliphatic hydroxyl groups is 1. The summed E-state index contributed by atoms with van der Waals surface area (Å²) < 4.78 is 6.59. The maximum Gasteiger partial charge on any atom is 0.295 e. The maximum absolute atomic E-state index is 13.2. The summed E-state index contributed by atoms with van der Waals surface area (Å²) in [6.07, 6.45) is 0.795. The number of nitrogens with zero attached hydrogens (tertiary/aromatic N) is 1. The molecule has 5 nitrogen and oxygen atoms in total. The zero-order valence-electron chi connectivity index (χ0n) is 18.0. The molecule has 0 radical (unpaired) electrons. The summed E-state index contributed by atoms with van der Waals surface area (Å²) in [7, 11) is 0. The minimum atomic E-state index is -0.703. The molecule has 1 fully saturated rings. The molecular weight excluding hydrogens is 482 g/mol. The molecule has 0 saturated carbocycles. The van der Waals surface area contributed by atoms with E-state index in [9.17, 15) is 14.7 Å². The van der Waals surface area contributed by atoms with E-state index in [2.05, 4.69) is 15.9 Å². The SMILES string of the molecule is C[C@H]1Cc2cc(C(O)=C3C(=O)C(=O)N(Cc4ccccc4)[C@@H]3c3cccc(Br)c3)ccc2O1. The zero-order chi connectivity index (χ0) is 23.1. The van der Waals surface area contributed by atoms with Crippen LogP contribution in [0, 0.1) is 0 Å². The van der Waals surface area contributed by atoms with Crippen LogP contribution in [-0.2, 0) is 22.6 Å². The highest BCUT2D eigenvalue weighted by atomic mass is 79.9. The smallest absolute Gasteiger partial charge is 0.295 e. The Morgan fingerprint density at radius 3 is 2.61 bits per heavy atom. The summed E-state index contributed by atoms with van der Waals surface area (Å²) in [5.41, 5.74) is 3.23. The van der Waals surface area contributed by atoms with Gasteiger partial charge in [0.2, 0.25) is 0 Å². The Morgan fingerprint density at radius 1 is 1.06 bits per heavy atom. The second-order valence-electron chi connectivity index (χ2n) is 8.42. The highest BCUT2D eigenvalue weighted by molar-refractivity contribution is 9.10. The standard InChI is InChI=1S/C27H22BrNO4/c1-16-12-20-13-19(10-11-22(20)33-16)25(30)23-24(18-8-5-9-21(28)14-18)29(27(32)26(23)31)15-17-6-3-2-4-7-17/h2-11,13-14,16,24,30H,12,15H2,1H3/t16-,24+/m0/s1. The highest BCUT2D eigenvalue weighted by Crippen LogP contribution is 2.41. The molecule has 6 heteroatoms. The Labute approximate surface area is 200 Å². The van der Waals surface area contributed by atoms with Crippen LogP contribution in [-0.4, -0.2) is 27.8 Å². The third-order valence-electron chi connectivity index (χ3n) is 6.07. The minimum absolute atomic E-state index is 0.0653. The lowest BCUT2D eigenvalue weighted by molar-refractivity contribution is -0.140. The van der Waals surface area contributed by atoms with Crippen LogP contribution < -0.4 is 4.74 Å². The first kappa shape index (κ1) is 21.5. The number of likely N-dealkylation sites (tertiary alicyclic amines) is 1. The highest BCUT2D eigenvalue weighted by Gasteiger charge is 2.46. The second kappa shape index (κ2) is 8.52. The lowest BCUT2D eigenvalue weighted by Crippen LogP contribution is -2.29. The number of carbonyl (C=O) groups excluding carboxylic acids is 2. The lowest BCUT2D eigenvalue weighted by Gasteiger charge is -2.25. The molecule has 2 aliphatic heterocycles. The van der Waals surface area contributed by atoms with Gasteiger partial charge in [-0.2, -0.15) is 0 Å². The molecule has 2 aliphatic rings. The number of fused-ring (bicyclic) bond motifs is 1. The second-order valence-corrected chi connectivity index (χ2v) is 9.34. The van der Waals surface area contributed by atoms with Gasteiger partial charge in [0, 0.05) is 23.0 Å². The van der Waals surface area contributed by atoms with Crippen LogP contribution >= 0.6 is 15.9 Å². The van der Waals surface area contributed by atoms with Gasteiger partial charge in [-0.25, -0.2) is 0 Å². The normalized spacial score (nSPS) is 21.2. The van der Waals surface area contributed by atoms with E-state index in [1.54, 1.807) is 6.07 Å². The molecule has 2 atom stereocenters. The molecule has 3 aromatic carbocycles. The number of benzene rings is 3. The average Bonchev–Trinajstić information content (AvgIpc) is 3.30. The fourth-order valence-corrected chi connectivity index (χ4v) is 4.99. The summed E-state index contributed by atoms with van der Waals surface area (Å²) in [6.45, 7) is 2.25. The Morgan fingerprint density at radius 2 is 1.85 bits per heavy atom. The van der Waals surface area contributed by atoms with Crippen LogP contribution in [0.1, 0.15) is 35.2 Å². The fourth-order valence-electron chi connectivity index (χ4n) is 4.57. The molecule has 0 spiro atoms. The summed E-state index contributed by atoms with van der Waals surface area (Å²) in [4.78, 5) is 27.9. The van der Waals surface area contributed by atoms with E-state index < -0.39 is 17.7 Å². The van der Waals surface area contributed by atoms with Crippen LogP contribution in [0.3, 0.4) is 0 Å². The van der Waals surface area contributed by atoms with Crippen LogP contribution in [0.25, 0.3) is 5.76 Å². The van der Waals surface area contributed by atoms with E-state index in [-0.39, 0.29) is 24.0 Å². The van der Waals surface area contributed by atoms with Gasteiger partial charge >= 0.3 is 0 Å². The van der Waals surface area contributed by atoms with Crippen molar-refractivity contribution in [1.29, 1.82) is 0 Å². The van der Waals surface area contributed by atoms with Crippen molar-refractivity contribution in [2.75, 3.05) is 0 Å². The van der Waals surface area contributed by atoms with Gasteiger partial charge < -0.3 is 14.7 Å². The fraction of sp³-hybridized carbons (Fsp3) is 0.185. The summed E-state index contributed by atoms with van der Waals surface area (Å²) in [5.74, 6) is -0.689. The monoisotopic (exact) mass is 503 g/mol. The van der Waals surface area contributed by atoms with Crippen LogP contribution in [0.15, 0.2) is 82.8 Å². The third kappa shape index (κ3) is 3.95. The lowest BCUT2D eigenvalue weighted by atomic mass is 9.94. The van der Waals surface area contributed by atoms with Crippen molar-refractivity contribution in [3.05, 3.63) is 105 Å². The van der Waals surface area contributed by atoms with Crippen molar-refractivity contribution in [2.45, 2.75) is 32.0 Å². The van der Waals surface area contributed by atoms with Gasteiger partial charge in [-0.3, -0.25) is 9.59 Å². The van der Waals surface area contributed by atoms with Gasteiger partial charge in [-0.1, -0.05) is 58.4 Å². The number of ketones is 1. The molecule has 1 amide bonds. The number of rotatable bonds is 4. The molecule has 0 bridgehead atoms. The minimum Gasteiger partial charge on any atom is -0.507 e. The predicted octanol–water partition coefficient (Wildman–Crippen LogP) is 5.39. The van der Waals surface area contributed by atoms with Crippen molar-refractivity contribution in [3.63, 3.8) is 0 Å². The Kier molecular flexibility index (Phi) is 5.54. The zero-order valence-corrected chi connectivity index (χ0v) is 19.6. The van der Waals surface area contributed by atoms with Crippen molar-refractivity contribution >= 4 is 33.4 Å². The van der Waals surface area contributed by atoms with Crippen molar-refractivity contribution in [3.8, 4) is 5.75 Å². The van der Waals surface area contributed by atoms with Crippen molar-refractivity contribution in [2.24, 2.45) is 0 Å². The van der Waals surface area contributed by atoms with Gasteiger partial charge in [0.05, 0.1) is 11.6 Å². The number of Topliss-reactive ketones (excluding diaryl/α,β-unsaturated/α-hetero) is 1. The van der Waals surface area contributed by atoms with Gasteiger partial charge in [-0.05, 0) is 53.9 Å². The van der Waals surface area contributed by atoms with Gasteiger partial charge in [-0.15, -0.1) is 0 Å². The van der Waals surface area contributed by atoms with Crippen LogP contribution in [0.4, 0.5) is 0 Å². The number of aliphatic hydroxyl groups excluding tert-OH is 1. The van der Waals surface area contributed by atoms with E-state index >= 15 is 0 Å². The van der Waals surface area contributed by atoms with Crippen LogP contribution in [0.5, 0.6) is 5.75 Å². The van der Waals surface area contributed by atoms with Gasteiger partial charge in [0.25, 0.3) is 11.7 Å². The topological polar surface area (TPSA) is 66.8 Å². The molecule has 1 N–H and O–H groups in total. The van der Waals surface area contributed by atoms with Crippen LogP contribution in [0.2, 0.25) is 0 Å². The molecule has 0 aromatic heterocycles. The number of hydrogen-bond donors (Lipinski definition) is 1. The number of halogens is 1. The Hall–Kier alpha value is -3.38. The molecular formula is C27H22BrNO4. The molecule has 1 saturated heterocycles. The Balaban J connectivity index is 1.64. The van der Waals surface area contributed by atoms with Gasteiger partial charge in [0.1, 0.15) is 17.6 Å². The quantitative estimate of drug-likeness (QED) is 0.294. The van der Waals surface area contributed by atoms with E-state index in [4.69, 9.17) is 4.74 Å². The predicted molar refractivity (Wildman–Crippen MR) is 129 cm³/mol. The first-order valence-electron chi connectivity index (χ1n) is 10.8. The van der Waals surface area contributed by atoms with E-state index in [1.807, 2.05) is 73.7 Å². The van der Waals surface area contributed by atoms with E-state index in [0.717, 1.165) is 33.3 Å².